The molecular formula is C19H23BrN2O3. The standard InChI is InChI=1S/C19H23BrN2O3/c20-17-6-16(22(24)25)5-15(18(17)23)10-21-11-19-7-12-1-2-13(8-19)4-14(3-12)9-19/h5-6,10,12-14,23H,1-4,7-9,11H2/t12-,13+,14?,19?. The average molecular weight is 407 g/mol. The minimum Gasteiger partial charge on any atom is -0.506 e. The molecule has 4 saturated carbocycles. The second-order valence-corrected chi connectivity index (χ2v) is 9.21. The molecule has 0 radical (unpaired) electrons. The van der Waals surface area contributed by atoms with Crippen LogP contribution in [0.1, 0.15) is 50.5 Å². The lowest BCUT2D eigenvalue weighted by molar-refractivity contribution is -0.385. The molecule has 0 spiro atoms. The van der Waals surface area contributed by atoms with E-state index in [1.165, 1.54) is 57.1 Å². The highest BCUT2D eigenvalue weighted by atomic mass is 79.9. The number of rotatable bonds is 4. The van der Waals surface area contributed by atoms with Crippen LogP contribution in [0.4, 0.5) is 5.69 Å². The first-order valence-corrected chi connectivity index (χ1v) is 9.90. The zero-order valence-corrected chi connectivity index (χ0v) is 15.7. The summed E-state index contributed by atoms with van der Waals surface area (Å²) in [6.07, 6.45) is 11.0. The van der Waals surface area contributed by atoms with Gasteiger partial charge in [0.15, 0.2) is 0 Å². The number of hydrogen-bond donors (Lipinski definition) is 1. The number of nitro groups is 1. The molecule has 0 aliphatic heterocycles. The number of aromatic hydroxyl groups is 1. The largest absolute Gasteiger partial charge is 0.506 e. The van der Waals surface area contributed by atoms with Crippen LogP contribution < -0.4 is 0 Å². The Kier molecular flexibility index (Phi) is 4.34. The van der Waals surface area contributed by atoms with Gasteiger partial charge in [0.1, 0.15) is 5.75 Å². The third-order valence-corrected chi connectivity index (χ3v) is 7.03. The lowest BCUT2D eigenvalue weighted by Crippen LogP contribution is -2.39. The number of fused-ring (bicyclic) bond motifs is 1. The van der Waals surface area contributed by atoms with Crippen molar-refractivity contribution < 1.29 is 10.0 Å². The maximum Gasteiger partial charge on any atom is 0.271 e. The van der Waals surface area contributed by atoms with Crippen molar-refractivity contribution >= 4 is 27.8 Å². The Bertz CT molecular complexity index is 718. The van der Waals surface area contributed by atoms with Crippen molar-refractivity contribution in [1.29, 1.82) is 0 Å². The molecule has 0 aromatic heterocycles. The van der Waals surface area contributed by atoms with Gasteiger partial charge in [-0.05, 0) is 71.2 Å². The molecule has 4 atom stereocenters. The van der Waals surface area contributed by atoms with Gasteiger partial charge in [-0.2, -0.15) is 0 Å². The number of halogens is 1. The van der Waals surface area contributed by atoms with Crippen LogP contribution in [-0.4, -0.2) is 22.8 Å². The molecular weight excluding hydrogens is 384 g/mol. The van der Waals surface area contributed by atoms with Gasteiger partial charge in [-0.25, -0.2) is 0 Å². The predicted octanol–water partition coefficient (Wildman–Crippen LogP) is 5.09. The van der Waals surface area contributed by atoms with Gasteiger partial charge in [-0.3, -0.25) is 15.1 Å². The third-order valence-electron chi connectivity index (χ3n) is 6.43. The van der Waals surface area contributed by atoms with Crippen molar-refractivity contribution in [3.63, 3.8) is 0 Å². The Hall–Kier alpha value is -1.43. The first-order chi connectivity index (χ1) is 11.9. The maximum absolute atomic E-state index is 11.0. The number of phenolic OH excluding ortho intramolecular Hbond substituents is 1. The molecule has 4 fully saturated rings. The van der Waals surface area contributed by atoms with Crippen molar-refractivity contribution in [3.05, 3.63) is 32.3 Å². The van der Waals surface area contributed by atoms with Crippen LogP contribution in [0.2, 0.25) is 0 Å². The monoisotopic (exact) mass is 406 g/mol. The Morgan fingerprint density at radius 2 is 1.88 bits per heavy atom. The van der Waals surface area contributed by atoms with E-state index in [0.29, 0.717) is 15.5 Å². The SMILES string of the molecule is O=[N+]([O-])c1cc(Br)c(O)c(C=NCC23CC4C[C@@H](CC[C@@H](C4)C2)C3)c1. The summed E-state index contributed by atoms with van der Waals surface area (Å²) in [6, 6.07) is 2.70. The fourth-order valence-electron chi connectivity index (χ4n) is 5.71. The van der Waals surface area contributed by atoms with E-state index in [0.717, 1.165) is 24.3 Å². The summed E-state index contributed by atoms with van der Waals surface area (Å²) in [5, 5.41) is 21.2. The number of phenols is 1. The summed E-state index contributed by atoms with van der Waals surface area (Å²) in [6.45, 7) is 0.774. The lowest BCUT2D eigenvalue weighted by atomic mass is 9.58. The molecule has 4 aliphatic carbocycles. The van der Waals surface area contributed by atoms with E-state index in [2.05, 4.69) is 20.9 Å². The smallest absolute Gasteiger partial charge is 0.271 e. The van der Waals surface area contributed by atoms with Crippen LogP contribution in [0.3, 0.4) is 0 Å². The van der Waals surface area contributed by atoms with Crippen LogP contribution in [0.15, 0.2) is 21.6 Å². The molecule has 1 aromatic carbocycles. The van der Waals surface area contributed by atoms with Crippen LogP contribution in [-0.2, 0) is 0 Å². The molecule has 4 aliphatic rings. The van der Waals surface area contributed by atoms with Crippen LogP contribution in [0.25, 0.3) is 0 Å². The lowest BCUT2D eigenvalue weighted by Gasteiger charge is -2.47. The van der Waals surface area contributed by atoms with Gasteiger partial charge >= 0.3 is 0 Å². The third kappa shape index (κ3) is 3.33. The number of nitrogens with zero attached hydrogens (tertiary/aromatic N) is 2. The summed E-state index contributed by atoms with van der Waals surface area (Å²) in [5.74, 6) is 2.61. The maximum atomic E-state index is 11.0. The minimum absolute atomic E-state index is 0.0112. The molecule has 1 N–H and O–H groups in total. The van der Waals surface area contributed by atoms with E-state index < -0.39 is 4.92 Å². The van der Waals surface area contributed by atoms with E-state index in [9.17, 15) is 15.2 Å². The molecule has 0 saturated heterocycles. The number of aliphatic imine (C=N–C) groups is 1. The van der Waals surface area contributed by atoms with Crippen LogP contribution in [0.5, 0.6) is 5.75 Å². The molecule has 2 unspecified atom stereocenters. The Morgan fingerprint density at radius 1 is 1.24 bits per heavy atom. The van der Waals surface area contributed by atoms with Crippen molar-refractivity contribution in [3.8, 4) is 5.75 Å². The summed E-state index contributed by atoms with van der Waals surface area (Å²) in [4.78, 5) is 15.2. The van der Waals surface area contributed by atoms with Crippen molar-refractivity contribution in [2.75, 3.05) is 6.54 Å². The molecule has 25 heavy (non-hydrogen) atoms. The molecule has 4 bridgehead atoms. The predicted molar refractivity (Wildman–Crippen MR) is 100 cm³/mol. The first-order valence-electron chi connectivity index (χ1n) is 9.11. The molecule has 5 rings (SSSR count). The molecule has 6 heteroatoms. The first kappa shape index (κ1) is 17.0. The Labute approximate surface area is 155 Å². The van der Waals surface area contributed by atoms with Crippen molar-refractivity contribution in [2.45, 2.75) is 44.9 Å². The van der Waals surface area contributed by atoms with Crippen LogP contribution in [0, 0.1) is 33.3 Å². The van der Waals surface area contributed by atoms with Crippen molar-refractivity contribution in [1.82, 2.24) is 0 Å². The van der Waals surface area contributed by atoms with E-state index >= 15 is 0 Å². The number of non-ortho nitro benzene ring substituents is 1. The van der Waals surface area contributed by atoms with Crippen LogP contribution >= 0.6 is 15.9 Å². The summed E-state index contributed by atoms with van der Waals surface area (Å²) in [5.41, 5.74) is 0.679. The van der Waals surface area contributed by atoms with E-state index in [1.807, 2.05) is 0 Å². The average Bonchev–Trinajstić information content (AvgIpc) is 2.76. The quantitative estimate of drug-likeness (QED) is 0.429. The topological polar surface area (TPSA) is 75.7 Å². The second-order valence-electron chi connectivity index (χ2n) is 8.35. The highest BCUT2D eigenvalue weighted by Gasteiger charge is 2.48. The normalized spacial score (nSPS) is 33.7. The zero-order valence-electron chi connectivity index (χ0n) is 14.2. The minimum atomic E-state index is -0.454. The van der Waals surface area contributed by atoms with Gasteiger partial charge in [-0.1, -0.05) is 12.8 Å². The molecule has 0 heterocycles. The van der Waals surface area contributed by atoms with E-state index in [4.69, 9.17) is 0 Å². The molecule has 5 nitrogen and oxygen atoms in total. The number of benzene rings is 1. The fourth-order valence-corrected chi connectivity index (χ4v) is 6.17. The van der Waals surface area contributed by atoms with Gasteiger partial charge in [0, 0.05) is 30.5 Å². The highest BCUT2D eigenvalue weighted by Crippen LogP contribution is 2.57. The van der Waals surface area contributed by atoms with Gasteiger partial charge in [0.05, 0.1) is 9.40 Å². The van der Waals surface area contributed by atoms with E-state index in [-0.39, 0.29) is 11.4 Å². The highest BCUT2D eigenvalue weighted by molar-refractivity contribution is 9.10. The number of hydrogen-bond acceptors (Lipinski definition) is 4. The van der Waals surface area contributed by atoms with E-state index in [1.54, 1.807) is 6.21 Å². The summed E-state index contributed by atoms with van der Waals surface area (Å²) < 4.78 is 0.328. The van der Waals surface area contributed by atoms with Gasteiger partial charge < -0.3 is 5.11 Å². The molecule has 1 aromatic rings. The fraction of sp³-hybridized carbons (Fsp3) is 0.632. The van der Waals surface area contributed by atoms with Crippen molar-refractivity contribution in [2.24, 2.45) is 28.2 Å². The zero-order chi connectivity index (χ0) is 17.6. The Balaban J connectivity index is 1.54. The van der Waals surface area contributed by atoms with Gasteiger partial charge in [0.2, 0.25) is 0 Å². The Morgan fingerprint density at radius 3 is 2.52 bits per heavy atom. The molecule has 0 amide bonds. The van der Waals surface area contributed by atoms with Gasteiger partial charge in [0.25, 0.3) is 5.69 Å². The summed E-state index contributed by atoms with van der Waals surface area (Å²) >= 11 is 3.18. The molecule has 134 valence electrons. The second kappa shape index (κ2) is 6.38. The summed E-state index contributed by atoms with van der Waals surface area (Å²) in [7, 11) is 0. The number of nitro benzene ring substituents is 1. The van der Waals surface area contributed by atoms with Gasteiger partial charge in [-0.15, -0.1) is 0 Å².